The molecule has 9 heteroatoms. The highest BCUT2D eigenvalue weighted by molar-refractivity contribution is 7.98. The van der Waals surface area contributed by atoms with Gasteiger partial charge in [0.25, 0.3) is 5.91 Å². The van der Waals surface area contributed by atoms with Crippen molar-refractivity contribution in [3.05, 3.63) is 30.3 Å². The molecule has 0 bridgehead atoms. The van der Waals surface area contributed by atoms with E-state index in [1.807, 2.05) is 12.3 Å². The molecule has 0 spiro atoms. The van der Waals surface area contributed by atoms with Crippen molar-refractivity contribution in [1.29, 1.82) is 0 Å². The van der Waals surface area contributed by atoms with Crippen LogP contribution in [0.3, 0.4) is 0 Å². The summed E-state index contributed by atoms with van der Waals surface area (Å²) in [5.74, 6) is 0.375. The second-order valence-electron chi connectivity index (χ2n) is 5.53. The molecular formula is C17H26N2O5S2. The summed E-state index contributed by atoms with van der Waals surface area (Å²) < 4.78 is 28.3. The number of ether oxygens (including phenoxy) is 1. The summed E-state index contributed by atoms with van der Waals surface area (Å²) in [7, 11) is -3.15. The third kappa shape index (κ3) is 9.10. The molecule has 1 unspecified atom stereocenters. The molecule has 26 heavy (non-hydrogen) atoms. The van der Waals surface area contributed by atoms with E-state index in [-0.39, 0.29) is 24.7 Å². The number of sulfone groups is 1. The van der Waals surface area contributed by atoms with Gasteiger partial charge in [0.15, 0.2) is 16.4 Å². The van der Waals surface area contributed by atoms with Crippen molar-refractivity contribution in [2.24, 2.45) is 0 Å². The Morgan fingerprint density at radius 1 is 1.23 bits per heavy atom. The SMILES string of the molecule is CCS(=O)(=O)CCNC(=O)C(CCSC)NC(=O)COc1ccccc1. The normalized spacial score (nSPS) is 12.2. The van der Waals surface area contributed by atoms with E-state index in [9.17, 15) is 18.0 Å². The van der Waals surface area contributed by atoms with Gasteiger partial charge in [-0.2, -0.15) is 11.8 Å². The number of hydrogen-bond acceptors (Lipinski definition) is 6. The van der Waals surface area contributed by atoms with Gasteiger partial charge in [-0.1, -0.05) is 25.1 Å². The quantitative estimate of drug-likeness (QED) is 0.538. The summed E-state index contributed by atoms with van der Waals surface area (Å²) >= 11 is 1.56. The fourth-order valence-electron chi connectivity index (χ4n) is 2.00. The fourth-order valence-corrected chi connectivity index (χ4v) is 3.18. The van der Waals surface area contributed by atoms with Crippen LogP contribution in [0.4, 0.5) is 0 Å². The number of thioether (sulfide) groups is 1. The minimum atomic E-state index is -3.15. The second-order valence-corrected chi connectivity index (χ2v) is 8.99. The Morgan fingerprint density at radius 2 is 1.92 bits per heavy atom. The highest BCUT2D eigenvalue weighted by Gasteiger charge is 2.21. The first-order valence-electron chi connectivity index (χ1n) is 8.32. The Bertz CT molecular complexity index is 665. The van der Waals surface area contributed by atoms with E-state index in [4.69, 9.17) is 4.74 Å². The monoisotopic (exact) mass is 402 g/mol. The first-order valence-corrected chi connectivity index (χ1v) is 11.5. The Hall–Kier alpha value is -1.74. The van der Waals surface area contributed by atoms with E-state index < -0.39 is 27.7 Å². The van der Waals surface area contributed by atoms with Gasteiger partial charge in [-0.05, 0) is 30.6 Å². The van der Waals surface area contributed by atoms with Gasteiger partial charge in [0.1, 0.15) is 11.8 Å². The summed E-state index contributed by atoms with van der Waals surface area (Å²) in [6.45, 7) is 1.39. The maximum absolute atomic E-state index is 12.3. The van der Waals surface area contributed by atoms with E-state index in [0.717, 1.165) is 0 Å². The summed E-state index contributed by atoms with van der Waals surface area (Å²) in [6.07, 6.45) is 2.35. The first kappa shape index (κ1) is 22.3. The van der Waals surface area contributed by atoms with E-state index in [2.05, 4.69) is 10.6 Å². The lowest BCUT2D eigenvalue weighted by Crippen LogP contribution is -2.49. The number of rotatable bonds is 12. The van der Waals surface area contributed by atoms with Crippen molar-refractivity contribution < 1.29 is 22.7 Å². The molecule has 2 amide bonds. The average molecular weight is 403 g/mol. The zero-order valence-electron chi connectivity index (χ0n) is 15.1. The smallest absolute Gasteiger partial charge is 0.258 e. The first-order chi connectivity index (χ1) is 12.4. The minimum Gasteiger partial charge on any atom is -0.484 e. The topological polar surface area (TPSA) is 102 Å². The third-order valence-electron chi connectivity index (χ3n) is 3.53. The van der Waals surface area contributed by atoms with Gasteiger partial charge >= 0.3 is 0 Å². The molecule has 7 nitrogen and oxygen atoms in total. The average Bonchev–Trinajstić information content (AvgIpc) is 2.64. The molecule has 0 aliphatic rings. The molecule has 0 radical (unpaired) electrons. The molecule has 1 aromatic rings. The number of para-hydroxylation sites is 1. The molecule has 1 atom stereocenters. The summed E-state index contributed by atoms with van der Waals surface area (Å²) in [6, 6.07) is 8.19. The Kier molecular flexibility index (Phi) is 10.1. The number of amides is 2. The minimum absolute atomic E-state index is 0.0289. The molecule has 1 aromatic carbocycles. The van der Waals surface area contributed by atoms with Crippen LogP contribution in [0.15, 0.2) is 30.3 Å². The van der Waals surface area contributed by atoms with Crippen molar-refractivity contribution in [3.63, 3.8) is 0 Å². The molecule has 0 heterocycles. The van der Waals surface area contributed by atoms with Gasteiger partial charge in [-0.15, -0.1) is 0 Å². The Morgan fingerprint density at radius 3 is 2.54 bits per heavy atom. The van der Waals surface area contributed by atoms with Crippen LogP contribution in [-0.2, 0) is 19.4 Å². The van der Waals surface area contributed by atoms with E-state index in [0.29, 0.717) is 17.9 Å². The molecule has 0 saturated carbocycles. The lowest BCUT2D eigenvalue weighted by molar-refractivity contribution is -0.130. The number of benzene rings is 1. The highest BCUT2D eigenvalue weighted by Crippen LogP contribution is 2.08. The molecule has 0 fully saturated rings. The molecule has 2 N–H and O–H groups in total. The van der Waals surface area contributed by atoms with E-state index in [1.54, 1.807) is 43.0 Å². The lowest BCUT2D eigenvalue weighted by Gasteiger charge is -2.18. The van der Waals surface area contributed by atoms with Crippen molar-refractivity contribution >= 4 is 33.4 Å². The van der Waals surface area contributed by atoms with E-state index in [1.165, 1.54) is 0 Å². The molecule has 146 valence electrons. The van der Waals surface area contributed by atoms with Gasteiger partial charge in [-0.3, -0.25) is 9.59 Å². The van der Waals surface area contributed by atoms with Crippen LogP contribution in [0.1, 0.15) is 13.3 Å². The van der Waals surface area contributed by atoms with Crippen molar-refractivity contribution in [2.45, 2.75) is 19.4 Å². The van der Waals surface area contributed by atoms with Crippen LogP contribution < -0.4 is 15.4 Å². The predicted molar refractivity (Wildman–Crippen MR) is 104 cm³/mol. The molecule has 0 aliphatic carbocycles. The molecule has 0 saturated heterocycles. The van der Waals surface area contributed by atoms with Gasteiger partial charge in [-0.25, -0.2) is 8.42 Å². The number of carbonyl (C=O) groups is 2. The van der Waals surface area contributed by atoms with Crippen LogP contribution in [0.25, 0.3) is 0 Å². The largest absolute Gasteiger partial charge is 0.484 e. The number of hydrogen-bond donors (Lipinski definition) is 2. The number of nitrogens with one attached hydrogen (secondary N) is 2. The van der Waals surface area contributed by atoms with Crippen LogP contribution in [0.5, 0.6) is 5.75 Å². The molecule has 1 rings (SSSR count). The molecule has 0 aliphatic heterocycles. The molecular weight excluding hydrogens is 376 g/mol. The van der Waals surface area contributed by atoms with Gasteiger partial charge in [0.2, 0.25) is 5.91 Å². The summed E-state index contributed by atoms with van der Waals surface area (Å²) in [5.41, 5.74) is 0. The van der Waals surface area contributed by atoms with Crippen molar-refractivity contribution in [2.75, 3.05) is 36.7 Å². The van der Waals surface area contributed by atoms with Gasteiger partial charge in [0.05, 0.1) is 5.75 Å². The zero-order chi connectivity index (χ0) is 19.4. The van der Waals surface area contributed by atoms with Crippen LogP contribution >= 0.6 is 11.8 Å². The maximum Gasteiger partial charge on any atom is 0.258 e. The lowest BCUT2D eigenvalue weighted by atomic mass is 10.2. The van der Waals surface area contributed by atoms with E-state index >= 15 is 0 Å². The predicted octanol–water partition coefficient (Wildman–Crippen LogP) is 0.854. The fraction of sp³-hybridized carbons (Fsp3) is 0.529. The van der Waals surface area contributed by atoms with Crippen LogP contribution in [0, 0.1) is 0 Å². The summed E-state index contributed by atoms with van der Waals surface area (Å²) in [5, 5.41) is 5.22. The summed E-state index contributed by atoms with van der Waals surface area (Å²) in [4.78, 5) is 24.3. The van der Waals surface area contributed by atoms with Gasteiger partial charge < -0.3 is 15.4 Å². The van der Waals surface area contributed by atoms with Gasteiger partial charge in [0, 0.05) is 12.3 Å². The second kappa shape index (κ2) is 11.8. The van der Waals surface area contributed by atoms with Crippen LogP contribution in [-0.4, -0.2) is 62.9 Å². The standard InChI is InChI=1S/C17H26N2O5S2/c1-3-26(22,23)12-10-18-17(21)15(9-11-25-2)19-16(20)13-24-14-7-5-4-6-8-14/h4-8,15H,3,9-13H2,1-2H3,(H,18,21)(H,19,20). The van der Waals surface area contributed by atoms with Crippen LogP contribution in [0.2, 0.25) is 0 Å². The highest BCUT2D eigenvalue weighted by atomic mass is 32.2. The third-order valence-corrected chi connectivity index (χ3v) is 5.88. The maximum atomic E-state index is 12.3. The van der Waals surface area contributed by atoms with Crippen molar-refractivity contribution in [1.82, 2.24) is 10.6 Å². The molecule has 0 aromatic heterocycles. The Labute approximate surface area is 159 Å². The zero-order valence-corrected chi connectivity index (χ0v) is 16.7. The Balaban J connectivity index is 2.50. The number of carbonyl (C=O) groups excluding carboxylic acids is 2. The van der Waals surface area contributed by atoms with Crippen molar-refractivity contribution in [3.8, 4) is 5.75 Å².